The predicted molar refractivity (Wildman–Crippen MR) is 106 cm³/mol. The number of hydrogen-bond donors (Lipinski definition) is 1. The van der Waals surface area contributed by atoms with Crippen LogP contribution in [0.4, 0.5) is 4.39 Å². The molecule has 10 heteroatoms. The zero-order valence-corrected chi connectivity index (χ0v) is 17.7. The smallest absolute Gasteiger partial charge is 0.250 e. The number of rotatable bonds is 4. The van der Waals surface area contributed by atoms with E-state index in [0.29, 0.717) is 25.6 Å². The summed E-state index contributed by atoms with van der Waals surface area (Å²) in [5.41, 5.74) is 0. The average molecular weight is 486 g/mol. The van der Waals surface area contributed by atoms with E-state index >= 15 is 0 Å². The largest absolute Gasteiger partial charge is 0.474 e. The molecule has 0 aliphatic carbocycles. The van der Waals surface area contributed by atoms with E-state index in [-0.39, 0.29) is 42.2 Å². The lowest BCUT2D eigenvalue weighted by Crippen LogP contribution is -2.57. The second kappa shape index (κ2) is 8.97. The molecule has 0 radical (unpaired) electrons. The lowest BCUT2D eigenvalue weighted by Gasteiger charge is -2.39. The van der Waals surface area contributed by atoms with Crippen molar-refractivity contribution in [3.63, 3.8) is 0 Å². The quantitative estimate of drug-likeness (QED) is 0.299. The highest BCUT2D eigenvalue weighted by molar-refractivity contribution is 14.0. The number of guanidine groups is 1. The van der Waals surface area contributed by atoms with Gasteiger partial charge in [-0.15, -0.1) is 24.0 Å². The van der Waals surface area contributed by atoms with Crippen molar-refractivity contribution in [1.82, 2.24) is 15.2 Å². The summed E-state index contributed by atoms with van der Waals surface area (Å²) in [6, 6.07) is 2.78. The maximum Gasteiger partial charge on any atom is 0.250 e. The maximum absolute atomic E-state index is 13.4. The highest BCUT2D eigenvalue weighted by Crippen LogP contribution is 2.23. The molecule has 0 spiro atoms. The zero-order valence-electron chi connectivity index (χ0n) is 14.5. The van der Waals surface area contributed by atoms with Crippen molar-refractivity contribution in [2.75, 3.05) is 39.0 Å². The number of nitrogens with one attached hydrogen (secondary N) is 1. The van der Waals surface area contributed by atoms with Gasteiger partial charge in [0.1, 0.15) is 6.61 Å². The van der Waals surface area contributed by atoms with Gasteiger partial charge in [-0.3, -0.25) is 4.99 Å². The van der Waals surface area contributed by atoms with Crippen molar-refractivity contribution in [3.8, 4) is 5.88 Å². The fraction of sp³-hybridized carbons (Fsp3) is 0.600. The van der Waals surface area contributed by atoms with Crippen LogP contribution in [0.1, 0.15) is 13.8 Å². The molecule has 2 heterocycles. The van der Waals surface area contributed by atoms with Crippen LogP contribution < -0.4 is 10.1 Å². The summed E-state index contributed by atoms with van der Waals surface area (Å²) >= 11 is 0. The van der Waals surface area contributed by atoms with Crippen molar-refractivity contribution in [1.29, 1.82) is 0 Å². The number of sulfone groups is 1. The van der Waals surface area contributed by atoms with E-state index in [1.165, 1.54) is 18.3 Å². The molecule has 2 rings (SSSR count). The minimum atomic E-state index is -3.10. The van der Waals surface area contributed by atoms with Gasteiger partial charge in [-0.05, 0) is 26.0 Å². The number of hydrogen-bond acceptors (Lipinski definition) is 5. The minimum absolute atomic E-state index is 0. The molecule has 0 unspecified atom stereocenters. The Balaban J connectivity index is 0.00000312. The van der Waals surface area contributed by atoms with Crippen LogP contribution in [0, 0.1) is 5.82 Å². The van der Waals surface area contributed by atoms with E-state index in [9.17, 15) is 12.8 Å². The van der Waals surface area contributed by atoms with Gasteiger partial charge in [0.15, 0.2) is 21.6 Å². The van der Waals surface area contributed by atoms with E-state index in [4.69, 9.17) is 4.74 Å². The Morgan fingerprint density at radius 3 is 2.84 bits per heavy atom. The molecule has 1 aliphatic rings. The third-order valence-corrected chi connectivity index (χ3v) is 6.44. The highest BCUT2D eigenvalue weighted by Gasteiger charge is 2.40. The van der Waals surface area contributed by atoms with Crippen molar-refractivity contribution < 1.29 is 17.5 Å². The van der Waals surface area contributed by atoms with Crippen molar-refractivity contribution in [3.05, 3.63) is 24.1 Å². The number of pyridine rings is 1. The molecule has 1 aromatic rings. The molecule has 1 fully saturated rings. The fourth-order valence-corrected chi connectivity index (χ4v) is 3.81. The van der Waals surface area contributed by atoms with Crippen LogP contribution in [0.15, 0.2) is 23.3 Å². The first kappa shape index (κ1) is 21.9. The average Bonchev–Trinajstić information content (AvgIpc) is 2.52. The summed E-state index contributed by atoms with van der Waals surface area (Å²) in [4.78, 5) is 9.89. The van der Waals surface area contributed by atoms with Gasteiger partial charge in [0.05, 0.1) is 17.0 Å². The number of halogens is 2. The van der Waals surface area contributed by atoms with Crippen LogP contribution in [-0.4, -0.2) is 68.0 Å². The van der Waals surface area contributed by atoms with Crippen LogP contribution in [0.3, 0.4) is 0 Å². The molecule has 0 amide bonds. The standard InChI is InChI=1S/C15H23FN4O3S.HI/c1-15(2)11-20(8-10-24(15,21)22)14(17-3)19-7-9-23-13-12(16)5-4-6-18-13;/h4-6H,7-11H2,1-3H3,(H,17,19);1H. The normalized spacial score (nSPS) is 19.0. The Bertz CT molecular complexity index is 712. The van der Waals surface area contributed by atoms with Crippen LogP contribution >= 0.6 is 24.0 Å². The number of nitrogens with zero attached hydrogens (tertiary/aromatic N) is 3. The molecule has 1 N–H and O–H groups in total. The summed E-state index contributed by atoms with van der Waals surface area (Å²) in [5, 5.41) is 3.10. The summed E-state index contributed by atoms with van der Waals surface area (Å²) in [6.07, 6.45) is 1.46. The molecule has 1 aliphatic heterocycles. The van der Waals surface area contributed by atoms with Gasteiger partial charge >= 0.3 is 0 Å². The minimum Gasteiger partial charge on any atom is -0.474 e. The SMILES string of the molecule is CN=C(NCCOc1ncccc1F)N1CCS(=O)(=O)C(C)(C)C1.I. The molecule has 0 aromatic carbocycles. The first-order chi connectivity index (χ1) is 11.3. The van der Waals surface area contributed by atoms with Crippen LogP contribution in [0.5, 0.6) is 5.88 Å². The van der Waals surface area contributed by atoms with Gasteiger partial charge in [0, 0.05) is 26.3 Å². The summed E-state index contributed by atoms with van der Waals surface area (Å²) in [6.45, 7) is 4.80. The Morgan fingerprint density at radius 1 is 1.52 bits per heavy atom. The second-order valence-electron chi connectivity index (χ2n) is 6.11. The van der Waals surface area contributed by atoms with Crippen molar-refractivity contribution in [2.24, 2.45) is 4.99 Å². The van der Waals surface area contributed by atoms with Gasteiger partial charge in [0.2, 0.25) is 5.88 Å². The third-order valence-electron chi connectivity index (χ3n) is 3.90. The van der Waals surface area contributed by atoms with Gasteiger partial charge in [-0.2, -0.15) is 0 Å². The van der Waals surface area contributed by atoms with Crippen LogP contribution in [-0.2, 0) is 9.84 Å². The third kappa shape index (κ3) is 5.40. The van der Waals surface area contributed by atoms with Gasteiger partial charge < -0.3 is 15.0 Å². The Hall–Kier alpha value is -1.17. The first-order valence-corrected chi connectivity index (χ1v) is 9.33. The van der Waals surface area contributed by atoms with E-state index in [2.05, 4.69) is 15.3 Å². The lowest BCUT2D eigenvalue weighted by atomic mass is 10.2. The Morgan fingerprint density at radius 2 is 2.24 bits per heavy atom. The number of aliphatic imine (C=N–C) groups is 1. The predicted octanol–water partition coefficient (Wildman–Crippen LogP) is 1.30. The number of ether oxygens (including phenoxy) is 1. The van der Waals surface area contributed by atoms with E-state index in [0.717, 1.165) is 0 Å². The molecule has 142 valence electrons. The molecule has 1 aromatic heterocycles. The maximum atomic E-state index is 13.4. The second-order valence-corrected chi connectivity index (χ2v) is 8.86. The molecule has 1 saturated heterocycles. The highest BCUT2D eigenvalue weighted by atomic mass is 127. The molecule has 25 heavy (non-hydrogen) atoms. The first-order valence-electron chi connectivity index (χ1n) is 7.68. The van der Waals surface area contributed by atoms with Crippen LogP contribution in [0.2, 0.25) is 0 Å². The van der Waals surface area contributed by atoms with E-state index in [1.807, 2.05) is 4.90 Å². The Kier molecular flexibility index (Phi) is 7.85. The van der Waals surface area contributed by atoms with E-state index in [1.54, 1.807) is 20.9 Å². The monoisotopic (exact) mass is 486 g/mol. The number of aromatic nitrogens is 1. The lowest BCUT2D eigenvalue weighted by molar-refractivity contribution is 0.288. The summed E-state index contributed by atoms with van der Waals surface area (Å²) in [5.74, 6) is 0.142. The zero-order chi connectivity index (χ0) is 17.8. The molecule has 7 nitrogen and oxygen atoms in total. The topological polar surface area (TPSA) is 83.9 Å². The molecule has 0 bridgehead atoms. The summed E-state index contributed by atoms with van der Waals surface area (Å²) < 4.78 is 42.0. The van der Waals surface area contributed by atoms with Crippen molar-refractivity contribution in [2.45, 2.75) is 18.6 Å². The van der Waals surface area contributed by atoms with E-state index < -0.39 is 20.4 Å². The van der Waals surface area contributed by atoms with Crippen LogP contribution in [0.25, 0.3) is 0 Å². The van der Waals surface area contributed by atoms with Gasteiger partial charge in [0.25, 0.3) is 0 Å². The molecule has 0 atom stereocenters. The van der Waals surface area contributed by atoms with Gasteiger partial charge in [-0.25, -0.2) is 17.8 Å². The molecule has 0 saturated carbocycles. The summed E-state index contributed by atoms with van der Waals surface area (Å²) in [7, 11) is -1.46. The van der Waals surface area contributed by atoms with Gasteiger partial charge in [-0.1, -0.05) is 0 Å². The van der Waals surface area contributed by atoms with Crippen molar-refractivity contribution >= 4 is 39.8 Å². The molecular weight excluding hydrogens is 462 g/mol. The Labute approximate surface area is 165 Å². The fourth-order valence-electron chi connectivity index (χ4n) is 2.44. The molecular formula is C15H24FIN4O3S.